The highest BCUT2D eigenvalue weighted by Crippen LogP contribution is 2.18. The van der Waals surface area contributed by atoms with Gasteiger partial charge in [0.1, 0.15) is 5.75 Å². The van der Waals surface area contributed by atoms with Gasteiger partial charge in [0.2, 0.25) is 11.8 Å². The number of hydrogen-bond acceptors (Lipinski definition) is 3. The predicted octanol–water partition coefficient (Wildman–Crippen LogP) is 2.72. The second-order valence-electron chi connectivity index (χ2n) is 6.69. The third-order valence-corrected chi connectivity index (χ3v) is 4.74. The van der Waals surface area contributed by atoms with E-state index in [1.165, 1.54) is 11.1 Å². The van der Waals surface area contributed by atoms with Gasteiger partial charge in [0, 0.05) is 26.1 Å². The number of fused-ring (bicyclic) bond motifs is 1. The summed E-state index contributed by atoms with van der Waals surface area (Å²) in [6.07, 6.45) is 1.53. The second-order valence-corrected chi connectivity index (χ2v) is 6.69. The van der Waals surface area contributed by atoms with Crippen molar-refractivity contribution < 1.29 is 14.3 Å². The largest absolute Gasteiger partial charge is 0.494 e. The van der Waals surface area contributed by atoms with Crippen LogP contribution in [0.1, 0.15) is 30.0 Å². The normalized spacial score (nSPS) is 13.0. The summed E-state index contributed by atoms with van der Waals surface area (Å²) in [7, 11) is 0. The van der Waals surface area contributed by atoms with Gasteiger partial charge >= 0.3 is 0 Å². The molecule has 0 spiro atoms. The van der Waals surface area contributed by atoms with Crippen LogP contribution in [-0.2, 0) is 29.0 Å². The fraction of sp³-hybridized carbons (Fsp3) is 0.364. The van der Waals surface area contributed by atoms with Crippen LogP contribution in [0.15, 0.2) is 48.5 Å². The van der Waals surface area contributed by atoms with Crippen molar-refractivity contribution in [1.82, 2.24) is 10.2 Å². The number of carbonyl (C=O) groups excluding carboxylic acids is 2. The van der Waals surface area contributed by atoms with Crippen LogP contribution in [0.5, 0.6) is 5.75 Å². The van der Waals surface area contributed by atoms with Crippen molar-refractivity contribution in [2.45, 2.75) is 32.7 Å². The first-order chi connectivity index (χ1) is 13.2. The molecule has 0 aromatic heterocycles. The number of carbonyl (C=O) groups is 2. The van der Waals surface area contributed by atoms with E-state index < -0.39 is 0 Å². The minimum absolute atomic E-state index is 0.0732. The lowest BCUT2D eigenvalue weighted by molar-refractivity contribution is -0.132. The molecule has 0 saturated heterocycles. The van der Waals surface area contributed by atoms with Crippen LogP contribution in [0.2, 0.25) is 0 Å². The maximum atomic E-state index is 12.4. The highest BCUT2D eigenvalue weighted by atomic mass is 16.5. The van der Waals surface area contributed by atoms with E-state index in [1.807, 2.05) is 48.2 Å². The Balaban J connectivity index is 1.40. The molecule has 0 bridgehead atoms. The third kappa shape index (κ3) is 5.33. The quantitative estimate of drug-likeness (QED) is 0.820. The Morgan fingerprint density at radius 2 is 1.81 bits per heavy atom. The zero-order valence-corrected chi connectivity index (χ0v) is 15.7. The first-order valence-corrected chi connectivity index (χ1v) is 9.48. The average molecular weight is 366 g/mol. The summed E-state index contributed by atoms with van der Waals surface area (Å²) < 4.78 is 5.39. The van der Waals surface area contributed by atoms with Gasteiger partial charge in [-0.1, -0.05) is 36.4 Å². The number of benzene rings is 2. The number of amides is 2. The molecule has 1 heterocycles. The van der Waals surface area contributed by atoms with E-state index >= 15 is 0 Å². The maximum absolute atomic E-state index is 12.4. The number of rotatable bonds is 7. The van der Waals surface area contributed by atoms with Crippen LogP contribution in [0.4, 0.5) is 0 Å². The molecule has 2 aromatic rings. The standard InChI is InChI=1S/C22H26N2O3/c1-2-27-20-9-7-17(8-10-20)15-21(25)23-13-11-22(26)24-14-12-18-5-3-4-6-19(18)16-24/h3-10H,2,11-16H2,1H3,(H,23,25). The van der Waals surface area contributed by atoms with Crippen LogP contribution in [0, 0.1) is 0 Å². The molecule has 3 rings (SSSR count). The van der Waals surface area contributed by atoms with E-state index in [4.69, 9.17) is 4.74 Å². The van der Waals surface area contributed by atoms with Crippen molar-refractivity contribution in [1.29, 1.82) is 0 Å². The molecule has 1 N–H and O–H groups in total. The molecular formula is C22H26N2O3. The predicted molar refractivity (Wildman–Crippen MR) is 105 cm³/mol. The molecule has 1 aliphatic heterocycles. The molecule has 0 aliphatic carbocycles. The summed E-state index contributed by atoms with van der Waals surface area (Å²) in [5, 5.41) is 2.84. The zero-order valence-electron chi connectivity index (χ0n) is 15.7. The number of nitrogens with one attached hydrogen (secondary N) is 1. The van der Waals surface area contributed by atoms with Crippen molar-refractivity contribution in [3.8, 4) is 5.75 Å². The SMILES string of the molecule is CCOc1ccc(CC(=O)NCCC(=O)N2CCc3ccccc3C2)cc1. The summed E-state index contributed by atoms with van der Waals surface area (Å²) in [5.41, 5.74) is 3.47. The molecular weight excluding hydrogens is 340 g/mol. The summed E-state index contributed by atoms with van der Waals surface area (Å²) in [6, 6.07) is 15.8. The summed E-state index contributed by atoms with van der Waals surface area (Å²) in [6.45, 7) is 4.33. The minimum Gasteiger partial charge on any atom is -0.494 e. The van der Waals surface area contributed by atoms with Crippen molar-refractivity contribution in [3.05, 3.63) is 65.2 Å². The first kappa shape index (κ1) is 19.0. The Morgan fingerprint density at radius 3 is 2.56 bits per heavy atom. The maximum Gasteiger partial charge on any atom is 0.224 e. The Bertz CT molecular complexity index is 786. The molecule has 2 amide bonds. The Kier molecular flexibility index (Phi) is 6.47. The lowest BCUT2D eigenvalue weighted by Crippen LogP contribution is -2.38. The number of nitrogens with zero attached hydrogens (tertiary/aromatic N) is 1. The lowest BCUT2D eigenvalue weighted by atomic mass is 10.00. The topological polar surface area (TPSA) is 58.6 Å². The second kappa shape index (κ2) is 9.21. The van der Waals surface area contributed by atoms with E-state index in [0.29, 0.717) is 32.5 Å². The molecule has 5 heteroatoms. The smallest absolute Gasteiger partial charge is 0.224 e. The van der Waals surface area contributed by atoms with Crippen molar-refractivity contribution in [3.63, 3.8) is 0 Å². The van der Waals surface area contributed by atoms with Gasteiger partial charge in [0.05, 0.1) is 13.0 Å². The van der Waals surface area contributed by atoms with Crippen LogP contribution in [0.25, 0.3) is 0 Å². The monoisotopic (exact) mass is 366 g/mol. The van der Waals surface area contributed by atoms with Crippen molar-refractivity contribution in [2.75, 3.05) is 19.7 Å². The van der Waals surface area contributed by atoms with Gasteiger partial charge < -0.3 is 15.0 Å². The van der Waals surface area contributed by atoms with Gasteiger partial charge in [-0.3, -0.25) is 9.59 Å². The van der Waals surface area contributed by atoms with Crippen molar-refractivity contribution >= 4 is 11.8 Å². The molecule has 0 radical (unpaired) electrons. The lowest BCUT2D eigenvalue weighted by Gasteiger charge is -2.29. The molecule has 1 aliphatic rings. The number of ether oxygens (including phenoxy) is 1. The molecule has 0 saturated carbocycles. The van der Waals surface area contributed by atoms with Crippen LogP contribution >= 0.6 is 0 Å². The van der Waals surface area contributed by atoms with Gasteiger partial charge in [0.25, 0.3) is 0 Å². The highest BCUT2D eigenvalue weighted by Gasteiger charge is 2.20. The van der Waals surface area contributed by atoms with E-state index in [2.05, 4.69) is 17.4 Å². The molecule has 0 atom stereocenters. The first-order valence-electron chi connectivity index (χ1n) is 9.48. The summed E-state index contributed by atoms with van der Waals surface area (Å²) in [5.74, 6) is 0.817. The van der Waals surface area contributed by atoms with E-state index in [9.17, 15) is 9.59 Å². The molecule has 0 unspecified atom stereocenters. The molecule has 5 nitrogen and oxygen atoms in total. The zero-order chi connectivity index (χ0) is 19.1. The van der Waals surface area contributed by atoms with Crippen LogP contribution < -0.4 is 10.1 Å². The minimum atomic E-state index is -0.0732. The summed E-state index contributed by atoms with van der Waals surface area (Å²) in [4.78, 5) is 26.4. The van der Waals surface area contributed by atoms with Gasteiger partial charge in [-0.15, -0.1) is 0 Å². The van der Waals surface area contributed by atoms with Gasteiger partial charge in [-0.25, -0.2) is 0 Å². The average Bonchev–Trinajstić information content (AvgIpc) is 2.69. The van der Waals surface area contributed by atoms with E-state index in [0.717, 1.165) is 24.3 Å². The third-order valence-electron chi connectivity index (χ3n) is 4.74. The van der Waals surface area contributed by atoms with Crippen molar-refractivity contribution in [2.24, 2.45) is 0 Å². The van der Waals surface area contributed by atoms with Gasteiger partial charge in [-0.05, 0) is 42.2 Å². The molecule has 2 aromatic carbocycles. The van der Waals surface area contributed by atoms with Crippen LogP contribution in [-0.4, -0.2) is 36.4 Å². The van der Waals surface area contributed by atoms with Gasteiger partial charge in [-0.2, -0.15) is 0 Å². The fourth-order valence-electron chi connectivity index (χ4n) is 3.29. The molecule has 142 valence electrons. The van der Waals surface area contributed by atoms with Gasteiger partial charge in [0.15, 0.2) is 0 Å². The fourth-order valence-corrected chi connectivity index (χ4v) is 3.29. The van der Waals surface area contributed by atoms with E-state index in [1.54, 1.807) is 0 Å². The van der Waals surface area contributed by atoms with E-state index in [-0.39, 0.29) is 11.8 Å². The number of hydrogen-bond donors (Lipinski definition) is 1. The Hall–Kier alpha value is -2.82. The summed E-state index contributed by atoms with van der Waals surface area (Å²) >= 11 is 0. The highest BCUT2D eigenvalue weighted by molar-refractivity contribution is 5.80. The molecule has 0 fully saturated rings. The Morgan fingerprint density at radius 1 is 1.07 bits per heavy atom. The molecule has 27 heavy (non-hydrogen) atoms. The van der Waals surface area contributed by atoms with Crippen LogP contribution in [0.3, 0.4) is 0 Å². The Labute approximate surface area is 160 Å².